The van der Waals surface area contributed by atoms with Gasteiger partial charge in [-0.05, 0) is 24.1 Å². The van der Waals surface area contributed by atoms with Gasteiger partial charge in [-0.15, -0.1) is 0 Å². The third-order valence-electron chi connectivity index (χ3n) is 2.32. The van der Waals surface area contributed by atoms with E-state index in [2.05, 4.69) is 0 Å². The second-order valence-electron chi connectivity index (χ2n) is 3.49. The first kappa shape index (κ1) is 12.4. The SMILES string of the molecule is COc1ccc([C@@H](O)CCC[N+](=O)[O-])cc1. The number of benzene rings is 1. The zero-order valence-electron chi connectivity index (χ0n) is 9.13. The average molecular weight is 225 g/mol. The normalized spacial score (nSPS) is 12.1. The minimum absolute atomic E-state index is 0.104. The molecule has 5 heteroatoms. The smallest absolute Gasteiger partial charge is 0.204 e. The Labute approximate surface area is 93.8 Å². The van der Waals surface area contributed by atoms with Gasteiger partial charge in [-0.3, -0.25) is 10.1 Å². The summed E-state index contributed by atoms with van der Waals surface area (Å²) in [5, 5.41) is 19.8. The molecule has 0 heterocycles. The van der Waals surface area contributed by atoms with Crippen LogP contribution in [-0.4, -0.2) is 23.7 Å². The van der Waals surface area contributed by atoms with Gasteiger partial charge in [0.25, 0.3) is 0 Å². The van der Waals surface area contributed by atoms with Crippen molar-refractivity contribution in [3.8, 4) is 5.75 Å². The van der Waals surface area contributed by atoms with E-state index >= 15 is 0 Å². The van der Waals surface area contributed by atoms with E-state index < -0.39 is 6.10 Å². The molecule has 5 nitrogen and oxygen atoms in total. The Morgan fingerprint density at radius 3 is 2.56 bits per heavy atom. The molecule has 0 radical (unpaired) electrons. The first-order chi connectivity index (χ1) is 7.63. The molecule has 0 bridgehead atoms. The predicted molar refractivity (Wildman–Crippen MR) is 59.0 cm³/mol. The van der Waals surface area contributed by atoms with Crippen LogP contribution in [0, 0.1) is 10.1 Å². The molecule has 0 amide bonds. The van der Waals surface area contributed by atoms with Crippen molar-refractivity contribution in [1.82, 2.24) is 0 Å². The number of nitrogens with zero attached hydrogens (tertiary/aromatic N) is 1. The molecule has 0 aliphatic carbocycles. The standard InChI is InChI=1S/C11H15NO4/c1-16-10-6-4-9(5-7-10)11(13)3-2-8-12(14)15/h4-7,11,13H,2-3,8H2,1H3/t11-/m0/s1. The number of nitro groups is 1. The Kier molecular flexibility index (Phi) is 4.72. The summed E-state index contributed by atoms with van der Waals surface area (Å²) in [7, 11) is 1.57. The van der Waals surface area contributed by atoms with Gasteiger partial charge in [0.05, 0.1) is 13.2 Å². The highest BCUT2D eigenvalue weighted by Gasteiger charge is 2.09. The number of ether oxygens (including phenoxy) is 1. The lowest BCUT2D eigenvalue weighted by atomic mass is 10.1. The van der Waals surface area contributed by atoms with Crippen LogP contribution in [-0.2, 0) is 0 Å². The first-order valence-corrected chi connectivity index (χ1v) is 5.07. The lowest BCUT2D eigenvalue weighted by Crippen LogP contribution is -2.04. The first-order valence-electron chi connectivity index (χ1n) is 5.07. The van der Waals surface area contributed by atoms with E-state index in [0.717, 1.165) is 11.3 Å². The van der Waals surface area contributed by atoms with Gasteiger partial charge in [0, 0.05) is 11.3 Å². The lowest BCUT2D eigenvalue weighted by molar-refractivity contribution is -0.480. The molecule has 1 atom stereocenters. The molecule has 1 N–H and O–H groups in total. The molecular formula is C11H15NO4. The van der Waals surface area contributed by atoms with Crippen molar-refractivity contribution in [2.75, 3.05) is 13.7 Å². The van der Waals surface area contributed by atoms with Crippen LogP contribution < -0.4 is 4.74 Å². The summed E-state index contributed by atoms with van der Waals surface area (Å²) in [6.45, 7) is -0.104. The summed E-state index contributed by atoms with van der Waals surface area (Å²) in [6, 6.07) is 7.03. The topological polar surface area (TPSA) is 72.6 Å². The summed E-state index contributed by atoms with van der Waals surface area (Å²) < 4.78 is 4.99. The average Bonchev–Trinajstić information content (AvgIpc) is 2.28. The predicted octanol–water partition coefficient (Wildman–Crippen LogP) is 1.79. The Balaban J connectivity index is 2.45. The van der Waals surface area contributed by atoms with Crippen molar-refractivity contribution in [3.63, 3.8) is 0 Å². The van der Waals surface area contributed by atoms with Crippen LogP contribution in [0.5, 0.6) is 5.75 Å². The summed E-state index contributed by atoms with van der Waals surface area (Å²) in [4.78, 5) is 9.73. The number of hydrogen-bond donors (Lipinski definition) is 1. The van der Waals surface area contributed by atoms with E-state index in [4.69, 9.17) is 4.74 Å². The monoisotopic (exact) mass is 225 g/mol. The van der Waals surface area contributed by atoms with E-state index in [-0.39, 0.29) is 11.5 Å². The van der Waals surface area contributed by atoms with Crippen molar-refractivity contribution >= 4 is 0 Å². The van der Waals surface area contributed by atoms with Crippen molar-refractivity contribution in [3.05, 3.63) is 39.9 Å². The molecule has 0 saturated heterocycles. The summed E-state index contributed by atoms with van der Waals surface area (Å²) in [5.74, 6) is 0.723. The fourth-order valence-electron chi connectivity index (χ4n) is 1.41. The number of methoxy groups -OCH3 is 1. The van der Waals surface area contributed by atoms with Gasteiger partial charge in [-0.25, -0.2) is 0 Å². The Bertz CT molecular complexity index is 336. The van der Waals surface area contributed by atoms with Crippen LogP contribution in [0.25, 0.3) is 0 Å². The van der Waals surface area contributed by atoms with E-state index in [1.54, 1.807) is 31.4 Å². The maximum Gasteiger partial charge on any atom is 0.204 e. The lowest BCUT2D eigenvalue weighted by Gasteiger charge is -2.10. The van der Waals surface area contributed by atoms with Crippen LogP contribution in [0.4, 0.5) is 0 Å². The maximum atomic E-state index is 10.1. The van der Waals surface area contributed by atoms with Crippen molar-refractivity contribution in [1.29, 1.82) is 0 Å². The van der Waals surface area contributed by atoms with Crippen molar-refractivity contribution in [2.45, 2.75) is 18.9 Å². The molecule has 1 rings (SSSR count). The van der Waals surface area contributed by atoms with Crippen LogP contribution in [0.1, 0.15) is 24.5 Å². The quantitative estimate of drug-likeness (QED) is 0.591. The molecule has 0 saturated carbocycles. The third kappa shape index (κ3) is 3.86. The number of hydrogen-bond acceptors (Lipinski definition) is 4. The Morgan fingerprint density at radius 2 is 2.06 bits per heavy atom. The van der Waals surface area contributed by atoms with Gasteiger partial charge < -0.3 is 9.84 Å². The zero-order valence-corrected chi connectivity index (χ0v) is 9.13. The van der Waals surface area contributed by atoms with E-state index in [1.807, 2.05) is 0 Å². The minimum Gasteiger partial charge on any atom is -0.497 e. The summed E-state index contributed by atoms with van der Waals surface area (Å²) >= 11 is 0. The van der Waals surface area contributed by atoms with Gasteiger partial charge >= 0.3 is 0 Å². The van der Waals surface area contributed by atoms with Crippen molar-refractivity contribution < 1.29 is 14.8 Å². The highest BCUT2D eigenvalue weighted by Crippen LogP contribution is 2.20. The second kappa shape index (κ2) is 6.07. The highest BCUT2D eigenvalue weighted by atomic mass is 16.6. The molecule has 0 spiro atoms. The minimum atomic E-state index is -0.647. The molecule has 1 aromatic carbocycles. The molecule has 0 unspecified atom stereocenters. The van der Waals surface area contributed by atoms with E-state index in [1.165, 1.54) is 0 Å². The van der Waals surface area contributed by atoms with Gasteiger partial charge in [-0.1, -0.05) is 12.1 Å². The van der Waals surface area contributed by atoms with Gasteiger partial charge in [0.1, 0.15) is 5.75 Å². The van der Waals surface area contributed by atoms with Gasteiger partial charge in [-0.2, -0.15) is 0 Å². The fraction of sp³-hybridized carbons (Fsp3) is 0.455. The molecule has 88 valence electrons. The number of rotatable bonds is 6. The molecule has 0 aliphatic heterocycles. The highest BCUT2D eigenvalue weighted by molar-refractivity contribution is 5.28. The molecule has 0 aliphatic rings. The van der Waals surface area contributed by atoms with Crippen LogP contribution in [0.2, 0.25) is 0 Å². The molecule has 16 heavy (non-hydrogen) atoms. The molecule has 1 aromatic rings. The largest absolute Gasteiger partial charge is 0.497 e. The van der Waals surface area contributed by atoms with Crippen molar-refractivity contribution in [2.24, 2.45) is 0 Å². The summed E-state index contributed by atoms with van der Waals surface area (Å²) in [6.07, 6.45) is 0.124. The number of aliphatic hydroxyl groups is 1. The molecular weight excluding hydrogens is 210 g/mol. The van der Waals surface area contributed by atoms with Gasteiger partial charge in [0.15, 0.2) is 0 Å². The Morgan fingerprint density at radius 1 is 1.44 bits per heavy atom. The zero-order chi connectivity index (χ0) is 12.0. The van der Waals surface area contributed by atoms with E-state index in [0.29, 0.717) is 12.8 Å². The summed E-state index contributed by atoms with van der Waals surface area (Å²) in [5.41, 5.74) is 0.754. The fourth-order valence-corrected chi connectivity index (χ4v) is 1.41. The van der Waals surface area contributed by atoms with Crippen LogP contribution >= 0.6 is 0 Å². The third-order valence-corrected chi connectivity index (χ3v) is 2.32. The molecule has 0 aromatic heterocycles. The Hall–Kier alpha value is -1.62. The van der Waals surface area contributed by atoms with Crippen LogP contribution in [0.3, 0.4) is 0 Å². The van der Waals surface area contributed by atoms with E-state index in [9.17, 15) is 15.2 Å². The maximum absolute atomic E-state index is 10.1. The van der Waals surface area contributed by atoms with Gasteiger partial charge in [0.2, 0.25) is 6.54 Å². The van der Waals surface area contributed by atoms with Crippen LogP contribution in [0.15, 0.2) is 24.3 Å². The molecule has 0 fully saturated rings. The number of aliphatic hydroxyl groups excluding tert-OH is 1. The second-order valence-corrected chi connectivity index (χ2v) is 3.49.